The Morgan fingerprint density at radius 1 is 1.40 bits per heavy atom. The highest BCUT2D eigenvalue weighted by molar-refractivity contribution is 5.47. The van der Waals surface area contributed by atoms with Gasteiger partial charge >= 0.3 is 0 Å². The molecule has 2 heterocycles. The molecule has 0 unspecified atom stereocenters. The summed E-state index contributed by atoms with van der Waals surface area (Å²) in [4.78, 5) is 7.00. The van der Waals surface area contributed by atoms with Gasteiger partial charge in [-0.3, -0.25) is 0 Å². The van der Waals surface area contributed by atoms with Gasteiger partial charge in [-0.25, -0.2) is 4.98 Å². The Hall–Kier alpha value is -1.13. The fraction of sp³-hybridized carbons (Fsp3) is 0.688. The molecule has 4 nitrogen and oxygen atoms in total. The van der Waals surface area contributed by atoms with Crippen molar-refractivity contribution in [1.82, 2.24) is 10.3 Å². The lowest BCUT2D eigenvalue weighted by Gasteiger charge is -2.33. The number of hydrogen-bond donors (Lipinski definition) is 1. The molecular formula is C16H27N3O. The smallest absolute Gasteiger partial charge is 0.131 e. The van der Waals surface area contributed by atoms with E-state index in [4.69, 9.17) is 4.74 Å². The zero-order valence-electron chi connectivity index (χ0n) is 13.0. The number of anilines is 1. The normalized spacial score (nSPS) is 16.4. The summed E-state index contributed by atoms with van der Waals surface area (Å²) in [5.74, 6) is 1.11. The second-order valence-corrected chi connectivity index (χ2v) is 5.62. The van der Waals surface area contributed by atoms with Crippen molar-refractivity contribution >= 4 is 5.82 Å². The maximum atomic E-state index is 5.43. The average molecular weight is 277 g/mol. The SMILES string of the molecule is CCCNCc1cnc(N(C)C2CCOCC2)c(C)c1. The maximum absolute atomic E-state index is 5.43. The molecule has 0 saturated carbocycles. The van der Waals surface area contributed by atoms with Crippen LogP contribution in [0.1, 0.15) is 37.3 Å². The van der Waals surface area contributed by atoms with Crippen molar-refractivity contribution in [2.45, 2.75) is 45.7 Å². The van der Waals surface area contributed by atoms with E-state index >= 15 is 0 Å². The van der Waals surface area contributed by atoms with Crippen molar-refractivity contribution in [3.8, 4) is 0 Å². The molecule has 1 fully saturated rings. The van der Waals surface area contributed by atoms with E-state index in [0.717, 1.165) is 51.4 Å². The molecule has 0 bridgehead atoms. The van der Waals surface area contributed by atoms with E-state index in [-0.39, 0.29) is 0 Å². The van der Waals surface area contributed by atoms with Crippen LogP contribution in [0.15, 0.2) is 12.3 Å². The molecule has 0 aromatic carbocycles. The zero-order chi connectivity index (χ0) is 14.4. The molecule has 1 aliphatic heterocycles. The van der Waals surface area contributed by atoms with Crippen LogP contribution in [-0.2, 0) is 11.3 Å². The summed E-state index contributed by atoms with van der Waals surface area (Å²) in [6.07, 6.45) is 5.35. The fourth-order valence-electron chi connectivity index (χ4n) is 2.75. The number of aromatic nitrogens is 1. The Balaban J connectivity index is 2.00. The van der Waals surface area contributed by atoms with Crippen molar-refractivity contribution in [2.75, 3.05) is 31.7 Å². The minimum absolute atomic E-state index is 0.555. The third-order valence-electron chi connectivity index (χ3n) is 3.94. The number of pyridine rings is 1. The molecule has 0 spiro atoms. The number of ether oxygens (including phenoxy) is 1. The van der Waals surface area contributed by atoms with Crippen molar-refractivity contribution in [1.29, 1.82) is 0 Å². The molecule has 1 aliphatic rings. The summed E-state index contributed by atoms with van der Waals surface area (Å²) in [7, 11) is 2.15. The largest absolute Gasteiger partial charge is 0.381 e. The van der Waals surface area contributed by atoms with E-state index < -0.39 is 0 Å². The van der Waals surface area contributed by atoms with Crippen LogP contribution in [0.4, 0.5) is 5.82 Å². The predicted molar refractivity (Wildman–Crippen MR) is 83.2 cm³/mol. The lowest BCUT2D eigenvalue weighted by molar-refractivity contribution is 0.0853. The van der Waals surface area contributed by atoms with Crippen LogP contribution in [0.5, 0.6) is 0 Å². The number of aryl methyl sites for hydroxylation is 1. The lowest BCUT2D eigenvalue weighted by Crippen LogP contribution is -2.37. The first-order valence-electron chi connectivity index (χ1n) is 7.69. The third kappa shape index (κ3) is 3.93. The summed E-state index contributed by atoms with van der Waals surface area (Å²) in [6.45, 7) is 8.04. The van der Waals surface area contributed by atoms with Gasteiger partial charge in [0.25, 0.3) is 0 Å². The molecule has 2 rings (SSSR count). The topological polar surface area (TPSA) is 37.4 Å². The van der Waals surface area contributed by atoms with E-state index in [1.54, 1.807) is 0 Å². The van der Waals surface area contributed by atoms with Gasteiger partial charge in [-0.15, -0.1) is 0 Å². The van der Waals surface area contributed by atoms with Gasteiger partial charge in [0.1, 0.15) is 5.82 Å². The van der Waals surface area contributed by atoms with Crippen molar-refractivity contribution in [3.63, 3.8) is 0 Å². The van der Waals surface area contributed by atoms with Crippen molar-refractivity contribution < 1.29 is 4.74 Å². The predicted octanol–water partition coefficient (Wildman–Crippen LogP) is 2.50. The molecule has 1 saturated heterocycles. The van der Waals surface area contributed by atoms with Gasteiger partial charge < -0.3 is 15.0 Å². The molecule has 112 valence electrons. The first-order valence-corrected chi connectivity index (χ1v) is 7.69. The first-order chi connectivity index (χ1) is 9.72. The van der Waals surface area contributed by atoms with E-state index in [9.17, 15) is 0 Å². The van der Waals surface area contributed by atoms with Crippen LogP contribution in [0, 0.1) is 6.92 Å². The van der Waals surface area contributed by atoms with Crippen LogP contribution in [0.2, 0.25) is 0 Å². The third-order valence-corrected chi connectivity index (χ3v) is 3.94. The molecular weight excluding hydrogens is 250 g/mol. The highest BCUT2D eigenvalue weighted by atomic mass is 16.5. The molecule has 1 aromatic rings. The van der Waals surface area contributed by atoms with Crippen LogP contribution < -0.4 is 10.2 Å². The number of nitrogens with zero attached hydrogens (tertiary/aromatic N) is 2. The highest BCUT2D eigenvalue weighted by Crippen LogP contribution is 2.23. The molecule has 4 heteroatoms. The Morgan fingerprint density at radius 2 is 2.15 bits per heavy atom. The zero-order valence-corrected chi connectivity index (χ0v) is 13.0. The Morgan fingerprint density at radius 3 is 2.80 bits per heavy atom. The van der Waals surface area contributed by atoms with E-state index in [2.05, 4.69) is 42.2 Å². The quantitative estimate of drug-likeness (QED) is 0.811. The Labute approximate surface area is 122 Å². The molecule has 0 aliphatic carbocycles. The van der Waals surface area contributed by atoms with Crippen LogP contribution in [0.3, 0.4) is 0 Å². The Bertz CT molecular complexity index is 416. The van der Waals surface area contributed by atoms with Crippen LogP contribution in [-0.4, -0.2) is 37.8 Å². The summed E-state index contributed by atoms with van der Waals surface area (Å²) < 4.78 is 5.43. The van der Waals surface area contributed by atoms with Gasteiger partial charge in [0.05, 0.1) is 0 Å². The Kier molecular flexibility index (Phi) is 5.80. The minimum Gasteiger partial charge on any atom is -0.381 e. The van der Waals surface area contributed by atoms with Gasteiger partial charge in [0.2, 0.25) is 0 Å². The average Bonchev–Trinajstić information content (AvgIpc) is 2.48. The molecule has 0 atom stereocenters. The fourth-order valence-corrected chi connectivity index (χ4v) is 2.75. The molecule has 0 amide bonds. The van der Waals surface area contributed by atoms with Gasteiger partial charge in [-0.2, -0.15) is 0 Å². The summed E-state index contributed by atoms with van der Waals surface area (Å²) in [5, 5.41) is 3.42. The highest BCUT2D eigenvalue weighted by Gasteiger charge is 2.20. The number of rotatable bonds is 6. The summed E-state index contributed by atoms with van der Waals surface area (Å²) in [6, 6.07) is 2.81. The van der Waals surface area contributed by atoms with Gasteiger partial charge in [-0.1, -0.05) is 6.92 Å². The number of nitrogens with one attached hydrogen (secondary N) is 1. The summed E-state index contributed by atoms with van der Waals surface area (Å²) in [5.41, 5.74) is 2.52. The van der Waals surface area contributed by atoms with Gasteiger partial charge in [0.15, 0.2) is 0 Å². The van der Waals surface area contributed by atoms with E-state index in [0.29, 0.717) is 6.04 Å². The van der Waals surface area contributed by atoms with E-state index in [1.165, 1.54) is 11.1 Å². The second kappa shape index (κ2) is 7.60. The van der Waals surface area contributed by atoms with Crippen LogP contribution in [0.25, 0.3) is 0 Å². The summed E-state index contributed by atoms with van der Waals surface area (Å²) >= 11 is 0. The van der Waals surface area contributed by atoms with Crippen molar-refractivity contribution in [3.05, 3.63) is 23.4 Å². The first kappa shape index (κ1) is 15.3. The minimum atomic E-state index is 0.555. The van der Waals surface area contributed by atoms with Gasteiger partial charge in [0, 0.05) is 39.0 Å². The second-order valence-electron chi connectivity index (χ2n) is 5.62. The molecule has 20 heavy (non-hydrogen) atoms. The lowest BCUT2D eigenvalue weighted by atomic mass is 10.1. The maximum Gasteiger partial charge on any atom is 0.131 e. The van der Waals surface area contributed by atoms with Gasteiger partial charge in [-0.05, 0) is 49.9 Å². The molecule has 1 N–H and O–H groups in total. The van der Waals surface area contributed by atoms with Crippen molar-refractivity contribution in [2.24, 2.45) is 0 Å². The molecule has 1 aromatic heterocycles. The molecule has 0 radical (unpaired) electrons. The van der Waals surface area contributed by atoms with E-state index in [1.807, 2.05) is 6.20 Å². The monoisotopic (exact) mass is 277 g/mol. The number of hydrogen-bond acceptors (Lipinski definition) is 4. The standard InChI is InChI=1S/C16H27N3O/c1-4-7-17-11-14-10-13(2)16(18-12-14)19(3)15-5-8-20-9-6-15/h10,12,15,17H,4-9,11H2,1-3H3. The van der Waals surface area contributed by atoms with Crippen LogP contribution >= 0.6 is 0 Å².